The summed E-state index contributed by atoms with van der Waals surface area (Å²) >= 11 is 1.78. The Morgan fingerprint density at radius 2 is 1.51 bits per heavy atom. The number of carboxylic acid groups (broad SMARTS) is 1. The van der Waals surface area contributed by atoms with Crippen LogP contribution in [0.5, 0.6) is 0 Å². The third-order valence-corrected chi connectivity index (χ3v) is 8.92. The zero-order valence-electron chi connectivity index (χ0n) is 25.1. The summed E-state index contributed by atoms with van der Waals surface area (Å²) in [5.74, 6) is -0.111. The number of amides is 1. The Kier molecular flexibility index (Phi) is 11.8. The Bertz CT molecular complexity index is 1530. The molecule has 1 aliphatic heterocycles. The fourth-order valence-corrected chi connectivity index (χ4v) is 6.22. The molecule has 0 unspecified atom stereocenters. The van der Waals surface area contributed by atoms with Crippen molar-refractivity contribution in [2.75, 3.05) is 5.75 Å². The third-order valence-electron chi connectivity index (χ3n) is 7.77. The first-order valence-corrected chi connectivity index (χ1v) is 16.3. The molecule has 0 saturated carbocycles. The highest BCUT2D eigenvalue weighted by molar-refractivity contribution is 7.99. The van der Waals surface area contributed by atoms with Gasteiger partial charge in [-0.25, -0.2) is 0 Å². The standard InChI is InChI=1S/C37H39NO6S/c39-24-26-13-15-29(16-14-26)34-22-32(25-45-33-9-2-1-3-10-33)43-37(44-34)30-19-17-28(18-20-30)31-8-6-7-27(21-31)23-38-35(40)11-4-5-12-36(41)42/h1-3,6-10,13-21,32,34,37,39H,4-5,11-12,22-25H2,(H,38,40)(H,41,42)/t32-,34+,37+/m0/s1. The predicted molar refractivity (Wildman–Crippen MR) is 175 cm³/mol. The lowest BCUT2D eigenvalue weighted by Gasteiger charge is -2.36. The molecule has 3 N–H and O–H groups in total. The number of carbonyl (C=O) groups excluding carboxylic acids is 1. The summed E-state index contributed by atoms with van der Waals surface area (Å²) in [7, 11) is 0. The predicted octanol–water partition coefficient (Wildman–Crippen LogP) is 7.44. The molecular weight excluding hydrogens is 586 g/mol. The molecule has 5 rings (SSSR count). The number of aliphatic hydroxyl groups excluding tert-OH is 1. The topological polar surface area (TPSA) is 105 Å². The van der Waals surface area contributed by atoms with Crippen LogP contribution < -0.4 is 5.32 Å². The molecule has 0 bridgehead atoms. The van der Waals surface area contributed by atoms with Gasteiger partial charge in [-0.05, 0) is 58.9 Å². The van der Waals surface area contributed by atoms with E-state index in [0.29, 0.717) is 25.8 Å². The zero-order chi connectivity index (χ0) is 31.4. The van der Waals surface area contributed by atoms with Gasteiger partial charge in [-0.15, -0.1) is 11.8 Å². The number of nitrogens with one attached hydrogen (secondary N) is 1. The Morgan fingerprint density at radius 3 is 2.24 bits per heavy atom. The molecule has 0 radical (unpaired) electrons. The first-order valence-electron chi connectivity index (χ1n) is 15.3. The highest BCUT2D eigenvalue weighted by Gasteiger charge is 2.32. The van der Waals surface area contributed by atoms with Crippen LogP contribution >= 0.6 is 11.8 Å². The van der Waals surface area contributed by atoms with Gasteiger partial charge >= 0.3 is 5.97 Å². The summed E-state index contributed by atoms with van der Waals surface area (Å²) in [6, 6.07) is 34.5. The first-order chi connectivity index (χ1) is 22.0. The average molecular weight is 626 g/mol. The van der Waals surface area contributed by atoms with Crippen molar-refractivity contribution in [1.29, 1.82) is 0 Å². The van der Waals surface area contributed by atoms with Crippen LogP contribution in [0.1, 0.15) is 66.8 Å². The maximum Gasteiger partial charge on any atom is 0.303 e. The molecule has 1 amide bonds. The molecule has 1 saturated heterocycles. The van der Waals surface area contributed by atoms with Crippen molar-refractivity contribution >= 4 is 23.6 Å². The number of rotatable bonds is 14. The fourth-order valence-electron chi connectivity index (χ4n) is 5.27. The van der Waals surface area contributed by atoms with Gasteiger partial charge in [-0.2, -0.15) is 0 Å². The van der Waals surface area contributed by atoms with Crippen molar-refractivity contribution in [2.24, 2.45) is 0 Å². The van der Waals surface area contributed by atoms with E-state index >= 15 is 0 Å². The van der Waals surface area contributed by atoms with Gasteiger partial charge in [0.15, 0.2) is 6.29 Å². The second-order valence-corrected chi connectivity index (χ2v) is 12.3. The molecule has 1 fully saturated rings. The lowest BCUT2D eigenvalue weighted by atomic mass is 9.99. The van der Waals surface area contributed by atoms with E-state index in [2.05, 4.69) is 35.6 Å². The quantitative estimate of drug-likeness (QED) is 0.0988. The van der Waals surface area contributed by atoms with Crippen molar-refractivity contribution in [3.05, 3.63) is 125 Å². The molecule has 1 heterocycles. The fraction of sp³-hybridized carbons (Fsp3) is 0.297. The highest BCUT2D eigenvalue weighted by Crippen LogP contribution is 2.40. The highest BCUT2D eigenvalue weighted by atomic mass is 32.2. The Labute approximate surface area is 268 Å². The molecular formula is C37H39NO6S. The number of aliphatic hydroxyl groups is 1. The van der Waals surface area contributed by atoms with E-state index in [0.717, 1.165) is 45.6 Å². The maximum absolute atomic E-state index is 12.2. The largest absolute Gasteiger partial charge is 0.481 e. The monoisotopic (exact) mass is 625 g/mol. The molecule has 45 heavy (non-hydrogen) atoms. The molecule has 1 aliphatic rings. The second kappa shape index (κ2) is 16.4. The lowest BCUT2D eigenvalue weighted by Crippen LogP contribution is -2.31. The van der Waals surface area contributed by atoms with E-state index < -0.39 is 12.3 Å². The summed E-state index contributed by atoms with van der Waals surface area (Å²) < 4.78 is 13.0. The second-order valence-electron chi connectivity index (χ2n) is 11.2. The van der Waals surface area contributed by atoms with Crippen LogP contribution in [-0.2, 0) is 32.2 Å². The molecule has 0 aliphatic carbocycles. The smallest absolute Gasteiger partial charge is 0.303 e. The van der Waals surface area contributed by atoms with Crippen LogP contribution in [0.2, 0.25) is 0 Å². The molecule has 0 aromatic heterocycles. The SMILES string of the molecule is O=C(O)CCCCC(=O)NCc1cccc(-c2ccc([C@@H]3O[C@H](CSc4ccccc4)C[C@H](c4ccc(CO)cc4)O3)cc2)c1. The first kappa shape index (κ1) is 32.4. The average Bonchev–Trinajstić information content (AvgIpc) is 3.09. The van der Waals surface area contributed by atoms with Crippen molar-refractivity contribution in [2.45, 2.75) is 68.6 Å². The van der Waals surface area contributed by atoms with Crippen molar-refractivity contribution in [3.8, 4) is 11.1 Å². The van der Waals surface area contributed by atoms with Crippen LogP contribution in [-0.4, -0.2) is 33.9 Å². The number of carbonyl (C=O) groups is 2. The lowest BCUT2D eigenvalue weighted by molar-refractivity contribution is -0.245. The van der Waals surface area contributed by atoms with E-state index in [1.807, 2.05) is 72.8 Å². The summed E-state index contributed by atoms with van der Waals surface area (Å²) in [5.41, 5.74) is 5.95. The molecule has 4 aromatic carbocycles. The van der Waals surface area contributed by atoms with E-state index in [1.54, 1.807) is 11.8 Å². The van der Waals surface area contributed by atoms with Gasteiger partial charge in [0.2, 0.25) is 5.91 Å². The maximum atomic E-state index is 12.2. The summed E-state index contributed by atoms with van der Waals surface area (Å²) in [5, 5.41) is 21.2. The van der Waals surface area contributed by atoms with E-state index in [1.165, 1.54) is 4.90 Å². The minimum Gasteiger partial charge on any atom is -0.481 e. The van der Waals surface area contributed by atoms with E-state index in [4.69, 9.17) is 14.6 Å². The van der Waals surface area contributed by atoms with Crippen LogP contribution in [0, 0.1) is 0 Å². The number of aliphatic carboxylic acids is 1. The number of unbranched alkanes of at least 4 members (excludes halogenated alkanes) is 1. The van der Waals surface area contributed by atoms with Gasteiger partial charge in [-0.1, -0.05) is 84.9 Å². The molecule has 7 nitrogen and oxygen atoms in total. The number of ether oxygens (including phenoxy) is 2. The molecule has 0 spiro atoms. The van der Waals surface area contributed by atoms with Gasteiger partial charge in [0.25, 0.3) is 0 Å². The number of carboxylic acids is 1. The number of hydrogen-bond acceptors (Lipinski definition) is 6. The van der Waals surface area contributed by atoms with Crippen molar-refractivity contribution in [3.63, 3.8) is 0 Å². The van der Waals surface area contributed by atoms with Crippen LogP contribution in [0.3, 0.4) is 0 Å². The van der Waals surface area contributed by atoms with Gasteiger partial charge < -0.3 is 25.0 Å². The van der Waals surface area contributed by atoms with Crippen LogP contribution in [0.4, 0.5) is 0 Å². The molecule has 3 atom stereocenters. The molecule has 234 valence electrons. The Balaban J connectivity index is 1.24. The number of benzene rings is 4. The minimum atomic E-state index is -0.837. The summed E-state index contributed by atoms with van der Waals surface area (Å²) in [6.07, 6.45) is 1.52. The van der Waals surface area contributed by atoms with Crippen LogP contribution in [0.25, 0.3) is 11.1 Å². The number of hydrogen-bond donors (Lipinski definition) is 3. The zero-order valence-corrected chi connectivity index (χ0v) is 26.0. The molecule has 8 heteroatoms. The van der Waals surface area contributed by atoms with Gasteiger partial charge in [0.05, 0.1) is 18.8 Å². The van der Waals surface area contributed by atoms with Crippen LogP contribution in [0.15, 0.2) is 108 Å². The minimum absolute atomic E-state index is 0.00789. The molecule has 4 aromatic rings. The Morgan fingerprint density at radius 1 is 0.778 bits per heavy atom. The Hall–Kier alpha value is -3.95. The number of thioether (sulfide) groups is 1. The van der Waals surface area contributed by atoms with Crippen molar-refractivity contribution in [1.82, 2.24) is 5.32 Å². The summed E-state index contributed by atoms with van der Waals surface area (Å²) in [6.45, 7) is 0.421. The van der Waals surface area contributed by atoms with Gasteiger partial charge in [0.1, 0.15) is 0 Å². The van der Waals surface area contributed by atoms with Gasteiger partial charge in [0, 0.05) is 42.0 Å². The van der Waals surface area contributed by atoms with Gasteiger partial charge in [-0.3, -0.25) is 9.59 Å². The van der Waals surface area contributed by atoms with E-state index in [9.17, 15) is 14.7 Å². The van der Waals surface area contributed by atoms with E-state index in [-0.39, 0.29) is 31.1 Å². The third kappa shape index (κ3) is 9.77. The van der Waals surface area contributed by atoms with Crippen molar-refractivity contribution < 1.29 is 29.3 Å². The normalized spacial score (nSPS) is 17.9. The summed E-state index contributed by atoms with van der Waals surface area (Å²) in [4.78, 5) is 24.0.